The van der Waals surface area contributed by atoms with Crippen molar-refractivity contribution in [2.75, 3.05) is 25.5 Å². The molecule has 2 aromatic carbocycles. The summed E-state index contributed by atoms with van der Waals surface area (Å²) in [7, 11) is 1.68. The number of ether oxygens (including phenoxy) is 2. The fourth-order valence-corrected chi connectivity index (χ4v) is 6.13. The van der Waals surface area contributed by atoms with E-state index in [1.54, 1.807) is 7.11 Å². The van der Waals surface area contributed by atoms with Crippen LogP contribution in [0.15, 0.2) is 48.5 Å². The molecule has 1 aliphatic carbocycles. The van der Waals surface area contributed by atoms with Gasteiger partial charge in [0.05, 0.1) is 13.2 Å². The van der Waals surface area contributed by atoms with E-state index in [2.05, 4.69) is 34.5 Å². The lowest BCUT2D eigenvalue weighted by Gasteiger charge is -2.43. The molecule has 2 unspecified atom stereocenters. The number of aryl methyl sites for hydroxylation is 1. The number of nitrogens with one attached hydrogen (secondary N) is 1. The molecule has 182 valence electrons. The number of para-hydroxylation sites is 3. The highest BCUT2D eigenvalue weighted by Gasteiger charge is 2.40. The highest BCUT2D eigenvalue weighted by atomic mass is 16.5. The monoisotopic (exact) mass is 462 g/mol. The second-order valence-corrected chi connectivity index (χ2v) is 10.1. The van der Waals surface area contributed by atoms with Crippen LogP contribution in [-0.2, 0) is 11.2 Å². The van der Waals surface area contributed by atoms with E-state index in [-0.39, 0.29) is 24.1 Å². The first-order valence-electron chi connectivity index (χ1n) is 13.1. The molecule has 2 fully saturated rings. The number of hydrogen-bond donors (Lipinski definition) is 1. The van der Waals surface area contributed by atoms with Crippen molar-refractivity contribution >= 4 is 11.5 Å². The summed E-state index contributed by atoms with van der Waals surface area (Å²) in [6.45, 7) is 1.78. The molecule has 34 heavy (non-hydrogen) atoms. The topological polar surface area (TPSA) is 50.8 Å². The summed E-state index contributed by atoms with van der Waals surface area (Å²) in [5.41, 5.74) is 2.57. The number of piperidine rings is 1. The van der Waals surface area contributed by atoms with E-state index in [0.717, 1.165) is 63.1 Å². The molecule has 5 rings (SSSR count). The van der Waals surface area contributed by atoms with E-state index in [1.165, 1.54) is 30.5 Å². The van der Waals surface area contributed by atoms with E-state index in [4.69, 9.17) is 9.47 Å². The number of carbonyl (C=O) groups excluding carboxylic acids is 1. The van der Waals surface area contributed by atoms with Crippen LogP contribution in [0.1, 0.15) is 56.9 Å². The van der Waals surface area contributed by atoms with Crippen molar-refractivity contribution in [1.82, 2.24) is 4.90 Å². The van der Waals surface area contributed by atoms with Crippen LogP contribution in [0, 0.1) is 5.92 Å². The summed E-state index contributed by atoms with van der Waals surface area (Å²) in [5.74, 6) is 2.28. The van der Waals surface area contributed by atoms with Crippen LogP contribution >= 0.6 is 0 Å². The lowest BCUT2D eigenvalue weighted by atomic mass is 9.79. The Morgan fingerprint density at radius 2 is 1.62 bits per heavy atom. The van der Waals surface area contributed by atoms with Gasteiger partial charge in [0.15, 0.2) is 17.3 Å². The molecule has 2 aliphatic heterocycles. The summed E-state index contributed by atoms with van der Waals surface area (Å²) in [6, 6.07) is 16.6. The van der Waals surface area contributed by atoms with Crippen molar-refractivity contribution < 1.29 is 14.3 Å². The molecule has 1 saturated carbocycles. The van der Waals surface area contributed by atoms with Crippen molar-refractivity contribution in [3.63, 3.8) is 0 Å². The molecule has 0 radical (unpaired) electrons. The highest BCUT2D eigenvalue weighted by molar-refractivity contribution is 5.88. The zero-order chi connectivity index (χ0) is 23.3. The third kappa shape index (κ3) is 5.10. The van der Waals surface area contributed by atoms with E-state index in [9.17, 15) is 4.79 Å². The molecule has 0 bridgehead atoms. The number of hydrogen-bond acceptors (Lipinski definition) is 5. The lowest BCUT2D eigenvalue weighted by Crippen LogP contribution is -2.57. The van der Waals surface area contributed by atoms with Crippen LogP contribution in [0.25, 0.3) is 0 Å². The minimum absolute atomic E-state index is 0.0522. The maximum Gasteiger partial charge on any atom is 0.161 e. The summed E-state index contributed by atoms with van der Waals surface area (Å²) >= 11 is 0. The van der Waals surface area contributed by atoms with Gasteiger partial charge in [0.25, 0.3) is 0 Å². The van der Waals surface area contributed by atoms with Crippen molar-refractivity contribution in [1.29, 1.82) is 0 Å². The van der Waals surface area contributed by atoms with Crippen LogP contribution < -0.4 is 14.8 Å². The Labute approximate surface area is 203 Å². The molecule has 5 nitrogen and oxygen atoms in total. The Morgan fingerprint density at radius 1 is 0.912 bits per heavy atom. The summed E-state index contributed by atoms with van der Waals surface area (Å²) in [5, 5.41) is 3.77. The van der Waals surface area contributed by atoms with Crippen LogP contribution in [0.2, 0.25) is 0 Å². The lowest BCUT2D eigenvalue weighted by molar-refractivity contribution is -0.130. The molecule has 5 heteroatoms. The third-order valence-corrected chi connectivity index (χ3v) is 8.00. The van der Waals surface area contributed by atoms with Gasteiger partial charge in [0.2, 0.25) is 0 Å². The molecule has 2 heterocycles. The number of nitrogens with zero attached hydrogens (tertiary/aromatic N) is 1. The zero-order valence-corrected chi connectivity index (χ0v) is 20.4. The number of carbonyl (C=O) groups is 1. The Morgan fingerprint density at radius 3 is 2.38 bits per heavy atom. The molecule has 2 aromatic rings. The second-order valence-electron chi connectivity index (χ2n) is 10.1. The SMILES string of the molecule is COc1ccccc1OC1CCN(C(C(=O)C2CCCCC2)C2CCc3ccccc3N2)CC1. The van der Waals surface area contributed by atoms with Gasteiger partial charge in [0.1, 0.15) is 6.10 Å². The van der Waals surface area contributed by atoms with Crippen LogP contribution in [0.5, 0.6) is 11.5 Å². The van der Waals surface area contributed by atoms with Crippen LogP contribution in [0.3, 0.4) is 0 Å². The van der Waals surface area contributed by atoms with Crippen molar-refractivity contribution in [2.24, 2.45) is 5.92 Å². The van der Waals surface area contributed by atoms with Crippen molar-refractivity contribution in [3.8, 4) is 11.5 Å². The Kier molecular flexibility index (Phi) is 7.39. The first-order chi connectivity index (χ1) is 16.7. The van der Waals surface area contributed by atoms with Crippen molar-refractivity contribution in [2.45, 2.75) is 76.0 Å². The number of anilines is 1. The number of fused-ring (bicyclic) bond motifs is 1. The number of ketones is 1. The molecule has 2 atom stereocenters. The average molecular weight is 463 g/mol. The van der Waals surface area contributed by atoms with Gasteiger partial charge in [-0.15, -0.1) is 0 Å². The number of likely N-dealkylation sites (tertiary alicyclic amines) is 1. The predicted molar refractivity (Wildman–Crippen MR) is 136 cm³/mol. The average Bonchev–Trinajstić information content (AvgIpc) is 2.90. The van der Waals surface area contributed by atoms with Gasteiger partial charge in [-0.1, -0.05) is 49.6 Å². The van der Waals surface area contributed by atoms with E-state index in [1.807, 2.05) is 24.3 Å². The normalized spacial score (nSPS) is 22.9. The standard InChI is InChI=1S/C29H38N2O3/c1-33-26-13-7-8-14-27(26)34-23-17-19-31(20-18-23)28(29(32)22-10-3-2-4-11-22)25-16-15-21-9-5-6-12-24(21)30-25/h5-9,12-14,22-23,25,28,30H,2-4,10-11,15-20H2,1H3. The second kappa shape index (κ2) is 10.8. The van der Waals surface area contributed by atoms with Gasteiger partial charge < -0.3 is 14.8 Å². The molecular formula is C29H38N2O3. The molecule has 0 amide bonds. The van der Waals surface area contributed by atoms with Crippen molar-refractivity contribution in [3.05, 3.63) is 54.1 Å². The number of benzene rings is 2. The van der Waals surface area contributed by atoms with Crippen LogP contribution in [0.4, 0.5) is 5.69 Å². The molecular weight excluding hydrogens is 424 g/mol. The van der Waals surface area contributed by atoms with Gasteiger partial charge >= 0.3 is 0 Å². The first kappa shape index (κ1) is 23.2. The van der Waals surface area contributed by atoms with Gasteiger partial charge in [-0.05, 0) is 62.3 Å². The maximum absolute atomic E-state index is 13.9. The minimum Gasteiger partial charge on any atom is -0.493 e. The van der Waals surface area contributed by atoms with Crippen LogP contribution in [-0.4, -0.2) is 49.1 Å². The van der Waals surface area contributed by atoms with Gasteiger partial charge in [0, 0.05) is 30.7 Å². The number of methoxy groups -OCH3 is 1. The Balaban J connectivity index is 1.29. The smallest absolute Gasteiger partial charge is 0.161 e. The maximum atomic E-state index is 13.9. The minimum atomic E-state index is -0.0522. The molecule has 1 N–H and O–H groups in total. The predicted octanol–water partition coefficient (Wildman–Crippen LogP) is 5.48. The van der Waals surface area contributed by atoms with Gasteiger partial charge in [-0.25, -0.2) is 0 Å². The molecule has 1 saturated heterocycles. The number of Topliss-reactive ketones (excluding diaryl/α,β-unsaturated/α-hetero) is 1. The zero-order valence-electron chi connectivity index (χ0n) is 20.4. The first-order valence-corrected chi connectivity index (χ1v) is 13.1. The van der Waals surface area contributed by atoms with Gasteiger partial charge in [-0.2, -0.15) is 0 Å². The largest absolute Gasteiger partial charge is 0.493 e. The van der Waals surface area contributed by atoms with E-state index in [0.29, 0.717) is 5.78 Å². The summed E-state index contributed by atoms with van der Waals surface area (Å²) < 4.78 is 11.8. The fraction of sp³-hybridized carbons (Fsp3) is 0.552. The Bertz CT molecular complexity index is 963. The van der Waals surface area contributed by atoms with E-state index >= 15 is 0 Å². The quantitative estimate of drug-likeness (QED) is 0.590. The summed E-state index contributed by atoms with van der Waals surface area (Å²) in [6.07, 6.45) is 9.84. The molecule has 0 aromatic heterocycles. The number of rotatable bonds is 7. The van der Waals surface area contributed by atoms with Gasteiger partial charge in [-0.3, -0.25) is 9.69 Å². The Hall–Kier alpha value is -2.53. The molecule has 0 spiro atoms. The van der Waals surface area contributed by atoms with E-state index < -0.39 is 0 Å². The third-order valence-electron chi connectivity index (χ3n) is 8.00. The fourth-order valence-electron chi connectivity index (χ4n) is 6.13. The molecule has 3 aliphatic rings. The highest BCUT2D eigenvalue weighted by Crippen LogP contribution is 2.34. The summed E-state index contributed by atoms with van der Waals surface area (Å²) in [4.78, 5) is 16.4.